The zero-order valence-electron chi connectivity index (χ0n) is 18.3. The molecule has 0 bridgehead atoms. The van der Waals surface area contributed by atoms with Gasteiger partial charge < -0.3 is 20.5 Å². The Morgan fingerprint density at radius 2 is 1.91 bits per heavy atom. The number of benzene rings is 2. The molecule has 4 N–H and O–H groups in total. The topological polar surface area (TPSA) is 106 Å². The molecular formula is C25H25N5O3. The van der Waals surface area contributed by atoms with Gasteiger partial charge in [0.25, 0.3) is 5.91 Å². The second kappa shape index (κ2) is 8.46. The van der Waals surface area contributed by atoms with Crippen LogP contribution in [0.1, 0.15) is 23.2 Å². The highest BCUT2D eigenvalue weighted by atomic mass is 16.2. The molecule has 2 aromatic carbocycles. The Bertz CT molecular complexity index is 1270. The molecule has 2 aliphatic heterocycles. The number of fused-ring (bicyclic) bond motifs is 1. The fourth-order valence-corrected chi connectivity index (χ4v) is 4.54. The summed E-state index contributed by atoms with van der Waals surface area (Å²) in [5, 5.41) is 8.97. The van der Waals surface area contributed by atoms with Crippen molar-refractivity contribution in [2.45, 2.75) is 25.8 Å². The first kappa shape index (κ1) is 20.8. The van der Waals surface area contributed by atoms with E-state index in [1.54, 1.807) is 4.90 Å². The zero-order valence-corrected chi connectivity index (χ0v) is 18.3. The van der Waals surface area contributed by atoms with E-state index in [2.05, 4.69) is 46.1 Å². The van der Waals surface area contributed by atoms with Crippen LogP contribution in [-0.4, -0.2) is 47.0 Å². The van der Waals surface area contributed by atoms with Crippen molar-refractivity contribution in [2.75, 3.05) is 18.4 Å². The van der Waals surface area contributed by atoms with E-state index in [0.29, 0.717) is 25.2 Å². The summed E-state index contributed by atoms with van der Waals surface area (Å²) in [6, 6.07) is 14.4. The summed E-state index contributed by atoms with van der Waals surface area (Å²) in [6.07, 6.45) is 3.33. The molecule has 3 heterocycles. The Hall–Kier alpha value is -4.07. The highest BCUT2D eigenvalue weighted by Crippen LogP contribution is 2.32. The Labute approximate surface area is 191 Å². The summed E-state index contributed by atoms with van der Waals surface area (Å²) in [6.45, 7) is 3.28. The van der Waals surface area contributed by atoms with Crippen LogP contribution in [0.3, 0.4) is 0 Å². The molecule has 8 heteroatoms. The Kier molecular flexibility index (Phi) is 5.34. The number of carbonyl (C=O) groups excluding carboxylic acids is 3. The third kappa shape index (κ3) is 4.19. The number of hydrogen-bond donors (Lipinski definition) is 4. The van der Waals surface area contributed by atoms with Crippen LogP contribution in [0.5, 0.6) is 0 Å². The van der Waals surface area contributed by atoms with Crippen molar-refractivity contribution in [3.63, 3.8) is 0 Å². The predicted molar refractivity (Wildman–Crippen MR) is 127 cm³/mol. The summed E-state index contributed by atoms with van der Waals surface area (Å²) >= 11 is 0. The van der Waals surface area contributed by atoms with Gasteiger partial charge in [-0.3, -0.25) is 10.1 Å². The molecule has 3 aromatic rings. The summed E-state index contributed by atoms with van der Waals surface area (Å²) in [5.74, 6) is -0.322. The number of nitrogens with one attached hydrogen (secondary N) is 4. The lowest BCUT2D eigenvalue weighted by Crippen LogP contribution is -2.37. The fraction of sp³-hybridized carbons (Fsp3) is 0.240. The van der Waals surface area contributed by atoms with Crippen LogP contribution in [0.15, 0.2) is 54.6 Å². The van der Waals surface area contributed by atoms with Crippen LogP contribution in [0.4, 0.5) is 15.3 Å². The predicted octanol–water partition coefficient (Wildman–Crippen LogP) is 3.55. The number of aryl methyl sites for hydroxylation is 1. The summed E-state index contributed by atoms with van der Waals surface area (Å²) < 4.78 is 0. The highest BCUT2D eigenvalue weighted by Gasteiger charge is 2.29. The van der Waals surface area contributed by atoms with Crippen molar-refractivity contribution < 1.29 is 14.4 Å². The molecule has 0 radical (unpaired) electrons. The van der Waals surface area contributed by atoms with E-state index in [1.807, 2.05) is 36.4 Å². The standard InChI is InChI=1S/C25H25N5O3/c1-15-22(19-4-2-3-5-20(19)26-15)17-10-12-30(13-11-17)25(33)27-18-8-6-16(7-9-18)14-21-23(31)29-24(32)28-21/h2-10,21,26H,11-14H2,1H3,(H,27,33)(H2,28,29,31,32). The molecule has 1 unspecified atom stereocenters. The molecule has 0 aliphatic carbocycles. The summed E-state index contributed by atoms with van der Waals surface area (Å²) in [5.41, 5.74) is 6.37. The third-order valence-corrected chi connectivity index (χ3v) is 6.21. The van der Waals surface area contributed by atoms with Gasteiger partial charge in [0.2, 0.25) is 0 Å². The molecule has 1 aromatic heterocycles. The minimum atomic E-state index is -0.562. The SMILES string of the molecule is Cc1[nH]c2ccccc2c1C1=CCN(C(=O)Nc2ccc(CC3NC(=O)NC3=O)cc2)CC1. The third-order valence-electron chi connectivity index (χ3n) is 6.21. The molecule has 5 amide bonds. The van der Waals surface area contributed by atoms with Gasteiger partial charge in [-0.25, -0.2) is 9.59 Å². The van der Waals surface area contributed by atoms with Gasteiger partial charge in [-0.05, 0) is 42.7 Å². The highest BCUT2D eigenvalue weighted by molar-refractivity contribution is 6.04. The largest absolute Gasteiger partial charge is 0.358 e. The summed E-state index contributed by atoms with van der Waals surface area (Å²) in [7, 11) is 0. The van der Waals surface area contributed by atoms with E-state index >= 15 is 0 Å². The molecule has 2 aliphatic rings. The van der Waals surface area contributed by atoms with Gasteiger partial charge in [0.15, 0.2) is 0 Å². The van der Waals surface area contributed by atoms with Crippen molar-refractivity contribution in [1.29, 1.82) is 0 Å². The average Bonchev–Trinajstić information content (AvgIpc) is 3.32. The molecule has 1 fully saturated rings. The molecule has 33 heavy (non-hydrogen) atoms. The maximum atomic E-state index is 12.8. The quantitative estimate of drug-likeness (QED) is 0.463. The van der Waals surface area contributed by atoms with Crippen LogP contribution >= 0.6 is 0 Å². The first-order valence-electron chi connectivity index (χ1n) is 11.0. The van der Waals surface area contributed by atoms with E-state index in [0.717, 1.165) is 23.2 Å². The number of anilines is 1. The number of H-pyrrole nitrogens is 1. The average molecular weight is 444 g/mol. The first-order chi connectivity index (χ1) is 16.0. The fourth-order valence-electron chi connectivity index (χ4n) is 4.54. The molecule has 8 nitrogen and oxygen atoms in total. The number of urea groups is 2. The normalized spacial score (nSPS) is 18.2. The van der Waals surface area contributed by atoms with E-state index in [1.165, 1.54) is 16.5 Å². The van der Waals surface area contributed by atoms with Gasteiger partial charge in [-0.2, -0.15) is 0 Å². The van der Waals surface area contributed by atoms with E-state index in [9.17, 15) is 14.4 Å². The van der Waals surface area contributed by atoms with E-state index in [-0.39, 0.29) is 11.9 Å². The molecule has 0 saturated carbocycles. The van der Waals surface area contributed by atoms with Gasteiger partial charge in [-0.1, -0.05) is 36.4 Å². The van der Waals surface area contributed by atoms with E-state index in [4.69, 9.17) is 0 Å². The van der Waals surface area contributed by atoms with Gasteiger partial charge in [0.05, 0.1) is 0 Å². The summed E-state index contributed by atoms with van der Waals surface area (Å²) in [4.78, 5) is 40.9. The number of hydrogen-bond acceptors (Lipinski definition) is 3. The smallest absolute Gasteiger partial charge is 0.322 e. The Morgan fingerprint density at radius 3 is 2.61 bits per heavy atom. The second-order valence-corrected chi connectivity index (χ2v) is 8.44. The first-order valence-corrected chi connectivity index (χ1v) is 11.0. The molecule has 1 saturated heterocycles. The molecule has 168 valence electrons. The minimum Gasteiger partial charge on any atom is -0.358 e. The molecular weight excluding hydrogens is 418 g/mol. The van der Waals surface area contributed by atoms with Gasteiger partial charge >= 0.3 is 12.1 Å². The van der Waals surface area contributed by atoms with Crippen molar-refractivity contribution in [1.82, 2.24) is 20.5 Å². The van der Waals surface area contributed by atoms with E-state index < -0.39 is 12.1 Å². The Balaban J connectivity index is 1.21. The number of carbonyl (C=O) groups is 3. The number of nitrogens with zero attached hydrogens (tertiary/aromatic N) is 1. The second-order valence-electron chi connectivity index (χ2n) is 8.44. The zero-order chi connectivity index (χ0) is 22.9. The van der Waals surface area contributed by atoms with Gasteiger partial charge in [-0.15, -0.1) is 0 Å². The molecule has 0 spiro atoms. The van der Waals surface area contributed by atoms with Crippen LogP contribution in [0.2, 0.25) is 0 Å². The number of imide groups is 1. The Morgan fingerprint density at radius 1 is 1.12 bits per heavy atom. The number of amides is 5. The molecule has 1 atom stereocenters. The van der Waals surface area contributed by atoms with Crippen molar-refractivity contribution in [3.8, 4) is 0 Å². The maximum Gasteiger partial charge on any atom is 0.322 e. The number of aromatic nitrogens is 1. The lowest BCUT2D eigenvalue weighted by atomic mass is 9.97. The van der Waals surface area contributed by atoms with Crippen LogP contribution in [0, 0.1) is 6.92 Å². The number of para-hydroxylation sites is 1. The number of aromatic amines is 1. The van der Waals surface area contributed by atoms with Crippen molar-refractivity contribution in [2.24, 2.45) is 0 Å². The maximum absolute atomic E-state index is 12.8. The monoisotopic (exact) mass is 443 g/mol. The van der Waals surface area contributed by atoms with Gasteiger partial charge in [0, 0.05) is 47.4 Å². The van der Waals surface area contributed by atoms with Crippen LogP contribution in [0.25, 0.3) is 16.5 Å². The lowest BCUT2D eigenvalue weighted by molar-refractivity contribution is -0.120. The van der Waals surface area contributed by atoms with Crippen LogP contribution in [-0.2, 0) is 11.2 Å². The minimum absolute atomic E-state index is 0.142. The lowest BCUT2D eigenvalue weighted by Gasteiger charge is -2.27. The van der Waals surface area contributed by atoms with Crippen LogP contribution < -0.4 is 16.0 Å². The number of rotatable bonds is 4. The van der Waals surface area contributed by atoms with Crippen molar-refractivity contribution in [3.05, 3.63) is 71.4 Å². The molecule has 5 rings (SSSR count). The van der Waals surface area contributed by atoms with Gasteiger partial charge in [0.1, 0.15) is 6.04 Å². The van der Waals surface area contributed by atoms with Crippen molar-refractivity contribution >= 4 is 40.1 Å².